The summed E-state index contributed by atoms with van der Waals surface area (Å²) in [5.41, 5.74) is 2.43. The maximum atomic E-state index is 12.4. The van der Waals surface area contributed by atoms with Gasteiger partial charge in [0.15, 0.2) is 5.76 Å². The van der Waals surface area contributed by atoms with Gasteiger partial charge in [-0.25, -0.2) is 4.98 Å². The Morgan fingerprint density at radius 1 is 1.17 bits per heavy atom. The number of nitrogens with zero attached hydrogens (tertiary/aromatic N) is 3. The predicted molar refractivity (Wildman–Crippen MR) is 111 cm³/mol. The molecule has 0 bridgehead atoms. The molecule has 0 aliphatic rings. The molecule has 1 N–H and O–H groups in total. The number of carbonyl (C=O) groups is 1. The Kier molecular flexibility index (Phi) is 5.48. The van der Waals surface area contributed by atoms with Crippen molar-refractivity contribution in [3.05, 3.63) is 83.6 Å². The summed E-state index contributed by atoms with van der Waals surface area (Å²) in [6.45, 7) is 3.14. The molecule has 2 aromatic heterocycles. The summed E-state index contributed by atoms with van der Waals surface area (Å²) in [5, 5.41) is 12.0. The van der Waals surface area contributed by atoms with Gasteiger partial charge in [-0.15, -0.1) is 0 Å². The molecule has 7 heteroatoms. The first kappa shape index (κ1) is 19.3. The Morgan fingerprint density at radius 2 is 1.97 bits per heavy atom. The van der Waals surface area contributed by atoms with E-state index in [0.29, 0.717) is 30.2 Å². The minimum Gasteiger partial charge on any atom is -0.484 e. The van der Waals surface area contributed by atoms with Crippen LogP contribution in [0, 0.1) is 18.3 Å². The van der Waals surface area contributed by atoms with Crippen molar-refractivity contribution < 1.29 is 13.9 Å². The summed E-state index contributed by atoms with van der Waals surface area (Å²) in [5.74, 6) is 1.81. The van der Waals surface area contributed by atoms with Crippen LogP contribution in [-0.2, 0) is 13.2 Å². The second-order valence-electron chi connectivity index (χ2n) is 6.72. The third-order valence-corrected chi connectivity index (χ3v) is 4.73. The molecule has 0 radical (unpaired) electrons. The highest BCUT2D eigenvalue weighted by atomic mass is 16.5. The van der Waals surface area contributed by atoms with Crippen molar-refractivity contribution in [2.75, 3.05) is 6.54 Å². The van der Waals surface area contributed by atoms with Gasteiger partial charge in [0.2, 0.25) is 0 Å². The van der Waals surface area contributed by atoms with E-state index < -0.39 is 0 Å². The maximum absolute atomic E-state index is 12.4. The van der Waals surface area contributed by atoms with Gasteiger partial charge in [0.25, 0.3) is 5.91 Å². The highest BCUT2D eigenvalue weighted by Gasteiger charge is 2.13. The number of hydrogen-bond donors (Lipinski definition) is 1. The number of fused-ring (bicyclic) bond motifs is 1. The van der Waals surface area contributed by atoms with Crippen LogP contribution in [0.2, 0.25) is 0 Å². The van der Waals surface area contributed by atoms with Crippen molar-refractivity contribution in [3.8, 4) is 11.8 Å². The summed E-state index contributed by atoms with van der Waals surface area (Å²) < 4.78 is 13.3. The molecule has 30 heavy (non-hydrogen) atoms. The molecule has 0 spiro atoms. The van der Waals surface area contributed by atoms with E-state index in [1.54, 1.807) is 36.4 Å². The van der Waals surface area contributed by atoms with Crippen molar-refractivity contribution in [2.24, 2.45) is 0 Å². The van der Waals surface area contributed by atoms with Gasteiger partial charge in [0, 0.05) is 13.1 Å². The molecule has 1 amide bonds. The van der Waals surface area contributed by atoms with Crippen molar-refractivity contribution in [3.63, 3.8) is 0 Å². The van der Waals surface area contributed by atoms with Crippen molar-refractivity contribution in [1.82, 2.24) is 14.9 Å². The third-order valence-electron chi connectivity index (χ3n) is 4.73. The maximum Gasteiger partial charge on any atom is 0.287 e. The van der Waals surface area contributed by atoms with Gasteiger partial charge >= 0.3 is 0 Å². The van der Waals surface area contributed by atoms with Crippen LogP contribution < -0.4 is 10.1 Å². The van der Waals surface area contributed by atoms with Crippen LogP contribution >= 0.6 is 0 Å². The number of aryl methyl sites for hydroxylation is 1. The van der Waals surface area contributed by atoms with Crippen LogP contribution in [0.3, 0.4) is 0 Å². The number of carbonyl (C=O) groups excluding carboxylic acids is 1. The third kappa shape index (κ3) is 4.03. The van der Waals surface area contributed by atoms with Gasteiger partial charge in [-0.3, -0.25) is 4.79 Å². The van der Waals surface area contributed by atoms with E-state index in [4.69, 9.17) is 14.4 Å². The molecule has 2 aromatic carbocycles. The number of para-hydroxylation sites is 3. The van der Waals surface area contributed by atoms with E-state index >= 15 is 0 Å². The Labute approximate surface area is 173 Å². The van der Waals surface area contributed by atoms with E-state index in [9.17, 15) is 4.79 Å². The summed E-state index contributed by atoms with van der Waals surface area (Å²) in [7, 11) is 0. The summed E-state index contributed by atoms with van der Waals surface area (Å²) in [6, 6.07) is 20.3. The van der Waals surface area contributed by atoms with Crippen LogP contribution in [0.1, 0.15) is 27.7 Å². The number of imidazole rings is 1. The number of ether oxygens (including phenoxy) is 1. The fourth-order valence-electron chi connectivity index (χ4n) is 3.26. The lowest BCUT2D eigenvalue weighted by molar-refractivity contribution is 0.0920. The molecule has 150 valence electrons. The number of hydrogen-bond acceptors (Lipinski definition) is 5. The number of rotatable bonds is 7. The van der Waals surface area contributed by atoms with Gasteiger partial charge in [-0.1, -0.05) is 24.3 Å². The van der Waals surface area contributed by atoms with Crippen molar-refractivity contribution in [1.29, 1.82) is 5.26 Å². The van der Waals surface area contributed by atoms with Gasteiger partial charge in [-0.2, -0.15) is 5.26 Å². The average molecular weight is 400 g/mol. The van der Waals surface area contributed by atoms with Crippen LogP contribution in [0.5, 0.6) is 5.75 Å². The number of nitriles is 1. The van der Waals surface area contributed by atoms with Gasteiger partial charge < -0.3 is 19.0 Å². The van der Waals surface area contributed by atoms with Crippen molar-refractivity contribution in [2.45, 2.75) is 20.1 Å². The van der Waals surface area contributed by atoms with E-state index in [0.717, 1.165) is 16.9 Å². The van der Waals surface area contributed by atoms with Crippen LogP contribution in [-0.4, -0.2) is 22.0 Å². The van der Waals surface area contributed by atoms with E-state index in [1.165, 1.54) is 0 Å². The van der Waals surface area contributed by atoms with Gasteiger partial charge in [-0.05, 0) is 43.3 Å². The lowest BCUT2D eigenvalue weighted by Crippen LogP contribution is -2.27. The first-order valence-corrected chi connectivity index (χ1v) is 9.56. The summed E-state index contributed by atoms with van der Waals surface area (Å²) >= 11 is 0. The SMILES string of the molecule is Cc1nc2ccccc2n1CCNC(=O)c1ccc(COc2ccccc2C#N)o1. The van der Waals surface area contributed by atoms with Crippen LogP contribution in [0.25, 0.3) is 11.0 Å². The standard InChI is InChI=1S/C23H20N4O3/c1-16-26-19-7-3-4-8-20(19)27(16)13-12-25-23(28)22-11-10-18(30-22)15-29-21-9-5-2-6-17(21)14-24/h2-11H,12-13,15H2,1H3,(H,25,28). The fraction of sp³-hybridized carbons (Fsp3) is 0.174. The van der Waals surface area contributed by atoms with Crippen LogP contribution in [0.4, 0.5) is 0 Å². The zero-order valence-corrected chi connectivity index (χ0v) is 16.5. The Bertz CT molecular complexity index is 1230. The summed E-state index contributed by atoms with van der Waals surface area (Å²) in [6.07, 6.45) is 0. The molecule has 0 aliphatic heterocycles. The summed E-state index contributed by atoms with van der Waals surface area (Å²) in [4.78, 5) is 16.9. The van der Waals surface area contributed by atoms with Crippen LogP contribution in [0.15, 0.2) is 65.1 Å². The molecule has 0 unspecified atom stereocenters. The first-order valence-electron chi connectivity index (χ1n) is 9.56. The largest absolute Gasteiger partial charge is 0.484 e. The lowest BCUT2D eigenvalue weighted by atomic mass is 10.2. The fourth-order valence-corrected chi connectivity index (χ4v) is 3.26. The number of furan rings is 1. The minimum atomic E-state index is -0.291. The quantitative estimate of drug-likeness (QED) is 0.509. The predicted octanol–water partition coefficient (Wildman–Crippen LogP) is 3.82. The molecule has 0 atom stereocenters. The molecule has 0 fully saturated rings. The zero-order valence-electron chi connectivity index (χ0n) is 16.5. The van der Waals surface area contributed by atoms with E-state index in [1.807, 2.05) is 31.2 Å². The number of benzene rings is 2. The Morgan fingerprint density at radius 3 is 2.83 bits per heavy atom. The Hall–Kier alpha value is -4.05. The molecule has 0 saturated heterocycles. The minimum absolute atomic E-state index is 0.131. The smallest absolute Gasteiger partial charge is 0.287 e. The average Bonchev–Trinajstić information content (AvgIpc) is 3.37. The molecular weight excluding hydrogens is 380 g/mol. The molecule has 0 aliphatic carbocycles. The molecule has 7 nitrogen and oxygen atoms in total. The molecular formula is C23H20N4O3. The molecule has 4 aromatic rings. The van der Waals surface area contributed by atoms with E-state index in [-0.39, 0.29) is 18.3 Å². The first-order chi connectivity index (χ1) is 14.7. The molecule has 4 rings (SSSR count). The Balaban J connectivity index is 1.33. The highest BCUT2D eigenvalue weighted by Crippen LogP contribution is 2.19. The van der Waals surface area contributed by atoms with E-state index in [2.05, 4.69) is 20.9 Å². The zero-order chi connectivity index (χ0) is 20.9. The molecule has 2 heterocycles. The van der Waals surface area contributed by atoms with Gasteiger partial charge in [0.05, 0.1) is 16.6 Å². The number of amides is 1. The topological polar surface area (TPSA) is 93.1 Å². The highest BCUT2D eigenvalue weighted by molar-refractivity contribution is 5.91. The number of aromatic nitrogens is 2. The monoisotopic (exact) mass is 400 g/mol. The normalized spacial score (nSPS) is 10.7. The second kappa shape index (κ2) is 8.53. The number of nitrogens with one attached hydrogen (secondary N) is 1. The van der Waals surface area contributed by atoms with Crippen molar-refractivity contribution >= 4 is 16.9 Å². The van der Waals surface area contributed by atoms with Gasteiger partial charge in [0.1, 0.15) is 30.0 Å². The lowest BCUT2D eigenvalue weighted by Gasteiger charge is -2.08. The molecule has 0 saturated carbocycles. The second-order valence-corrected chi connectivity index (χ2v) is 6.72.